The zero-order valence-corrected chi connectivity index (χ0v) is 7.87. The highest BCUT2D eigenvalue weighted by Crippen LogP contribution is 2.08. The van der Waals surface area contributed by atoms with Gasteiger partial charge in [-0.1, -0.05) is 0 Å². The first-order valence-electron chi connectivity index (χ1n) is 3.47. The van der Waals surface area contributed by atoms with E-state index < -0.39 is 0 Å². The van der Waals surface area contributed by atoms with Crippen LogP contribution in [0.4, 0.5) is 0 Å². The highest BCUT2D eigenvalue weighted by atomic mass is 79.9. The number of pyridine rings is 1. The molecule has 1 aromatic rings. The smallest absolute Gasteiger partial charge is 0.0567 e. The molecule has 60 valence electrons. The Balaban J connectivity index is 2.66. The lowest BCUT2D eigenvalue weighted by molar-refractivity contribution is 0.194. The Morgan fingerprint density at radius 2 is 2.36 bits per heavy atom. The van der Waals surface area contributed by atoms with Gasteiger partial charge in [0, 0.05) is 22.8 Å². The molecule has 0 aliphatic carbocycles. The van der Waals surface area contributed by atoms with E-state index in [1.165, 1.54) is 0 Å². The summed E-state index contributed by atoms with van der Waals surface area (Å²) in [4.78, 5) is 4.11. The molecule has 0 aliphatic heterocycles. The van der Waals surface area contributed by atoms with Gasteiger partial charge in [0.25, 0.3) is 0 Å². The third-order valence-corrected chi connectivity index (χ3v) is 1.76. The van der Waals surface area contributed by atoms with E-state index in [9.17, 15) is 0 Å². The summed E-state index contributed by atoms with van der Waals surface area (Å²) in [5, 5.41) is 9.02. The summed E-state index contributed by atoms with van der Waals surface area (Å²) >= 11 is 3.29. The second-order valence-electron chi connectivity index (χ2n) is 2.52. The standard InChI is InChI=1S/C8H10BrNO/c1-6(11)4-8-3-2-7(9)5-10-8/h2-3,5-6,11H,4H2,1H3. The Hall–Kier alpha value is -0.410. The van der Waals surface area contributed by atoms with E-state index in [-0.39, 0.29) is 6.10 Å². The summed E-state index contributed by atoms with van der Waals surface area (Å²) < 4.78 is 0.965. The van der Waals surface area contributed by atoms with Crippen LogP contribution in [0.3, 0.4) is 0 Å². The van der Waals surface area contributed by atoms with Crippen molar-refractivity contribution in [3.63, 3.8) is 0 Å². The van der Waals surface area contributed by atoms with Crippen molar-refractivity contribution in [2.24, 2.45) is 0 Å². The number of halogens is 1. The monoisotopic (exact) mass is 215 g/mol. The number of rotatable bonds is 2. The summed E-state index contributed by atoms with van der Waals surface area (Å²) in [6.07, 6.45) is 2.04. The average Bonchev–Trinajstić information content (AvgIpc) is 1.93. The zero-order chi connectivity index (χ0) is 8.27. The first-order valence-corrected chi connectivity index (χ1v) is 4.26. The van der Waals surface area contributed by atoms with Crippen LogP contribution >= 0.6 is 15.9 Å². The van der Waals surface area contributed by atoms with Gasteiger partial charge in [-0.2, -0.15) is 0 Å². The summed E-state index contributed by atoms with van der Waals surface area (Å²) in [6, 6.07) is 3.82. The van der Waals surface area contributed by atoms with Crippen molar-refractivity contribution in [1.29, 1.82) is 0 Å². The second-order valence-corrected chi connectivity index (χ2v) is 3.44. The normalized spacial score (nSPS) is 13.0. The molecule has 1 heterocycles. The molecular weight excluding hydrogens is 206 g/mol. The minimum absolute atomic E-state index is 0.316. The van der Waals surface area contributed by atoms with Crippen molar-refractivity contribution in [3.8, 4) is 0 Å². The van der Waals surface area contributed by atoms with Crippen LogP contribution in [0.15, 0.2) is 22.8 Å². The van der Waals surface area contributed by atoms with Gasteiger partial charge in [-0.05, 0) is 35.0 Å². The summed E-state index contributed by atoms with van der Waals surface area (Å²) in [6.45, 7) is 1.75. The Morgan fingerprint density at radius 3 is 2.82 bits per heavy atom. The number of aromatic nitrogens is 1. The van der Waals surface area contributed by atoms with E-state index in [0.29, 0.717) is 6.42 Å². The fourth-order valence-electron chi connectivity index (χ4n) is 0.830. The maximum absolute atomic E-state index is 9.02. The molecule has 0 amide bonds. The zero-order valence-electron chi connectivity index (χ0n) is 6.29. The molecule has 2 nitrogen and oxygen atoms in total. The quantitative estimate of drug-likeness (QED) is 0.817. The molecule has 1 rings (SSSR count). The lowest BCUT2D eigenvalue weighted by atomic mass is 10.2. The largest absolute Gasteiger partial charge is 0.393 e. The number of hydrogen-bond donors (Lipinski definition) is 1. The van der Waals surface area contributed by atoms with Crippen molar-refractivity contribution in [1.82, 2.24) is 4.98 Å². The minimum Gasteiger partial charge on any atom is -0.393 e. The molecule has 11 heavy (non-hydrogen) atoms. The van der Waals surface area contributed by atoms with Gasteiger partial charge in [0.1, 0.15) is 0 Å². The molecule has 1 atom stereocenters. The molecule has 1 N–H and O–H groups in total. The molecular formula is C8H10BrNO. The minimum atomic E-state index is -0.316. The van der Waals surface area contributed by atoms with Crippen LogP contribution in [0, 0.1) is 0 Å². The van der Waals surface area contributed by atoms with Crippen LogP contribution in [0.2, 0.25) is 0 Å². The van der Waals surface area contributed by atoms with Crippen LogP contribution in [0.5, 0.6) is 0 Å². The third-order valence-electron chi connectivity index (χ3n) is 1.29. The van der Waals surface area contributed by atoms with E-state index in [0.717, 1.165) is 10.2 Å². The number of hydrogen-bond acceptors (Lipinski definition) is 2. The molecule has 3 heteroatoms. The highest BCUT2D eigenvalue weighted by Gasteiger charge is 1.98. The van der Waals surface area contributed by atoms with Gasteiger partial charge in [0.15, 0.2) is 0 Å². The van der Waals surface area contributed by atoms with Crippen LogP contribution in [-0.4, -0.2) is 16.2 Å². The second kappa shape index (κ2) is 3.83. The number of aliphatic hydroxyl groups is 1. The maximum atomic E-state index is 9.02. The van der Waals surface area contributed by atoms with Crippen molar-refractivity contribution in [3.05, 3.63) is 28.5 Å². The van der Waals surface area contributed by atoms with Crippen molar-refractivity contribution in [2.75, 3.05) is 0 Å². The topological polar surface area (TPSA) is 33.1 Å². The van der Waals surface area contributed by atoms with E-state index in [4.69, 9.17) is 5.11 Å². The Morgan fingerprint density at radius 1 is 1.64 bits per heavy atom. The molecule has 0 bridgehead atoms. The van der Waals surface area contributed by atoms with E-state index in [1.54, 1.807) is 13.1 Å². The molecule has 1 unspecified atom stereocenters. The predicted molar refractivity (Wildman–Crippen MR) is 47.3 cm³/mol. The fourth-order valence-corrected chi connectivity index (χ4v) is 1.06. The van der Waals surface area contributed by atoms with Crippen LogP contribution in [0.1, 0.15) is 12.6 Å². The first kappa shape index (κ1) is 8.68. The Bertz CT molecular complexity index is 220. The van der Waals surface area contributed by atoms with Gasteiger partial charge in [0.2, 0.25) is 0 Å². The van der Waals surface area contributed by atoms with Gasteiger partial charge in [-0.25, -0.2) is 0 Å². The van der Waals surface area contributed by atoms with Gasteiger partial charge in [-0.15, -0.1) is 0 Å². The predicted octanol–water partition coefficient (Wildman–Crippen LogP) is 1.77. The SMILES string of the molecule is CC(O)Cc1ccc(Br)cn1. The lowest BCUT2D eigenvalue weighted by Crippen LogP contribution is -2.05. The van der Waals surface area contributed by atoms with Crippen molar-refractivity contribution in [2.45, 2.75) is 19.4 Å². The molecule has 1 aromatic heterocycles. The summed E-state index contributed by atoms with van der Waals surface area (Å²) in [5.41, 5.74) is 0.920. The Labute approximate surface area is 74.4 Å². The fraction of sp³-hybridized carbons (Fsp3) is 0.375. The molecule has 0 saturated heterocycles. The van der Waals surface area contributed by atoms with Crippen LogP contribution in [0.25, 0.3) is 0 Å². The summed E-state index contributed by atoms with van der Waals surface area (Å²) in [5.74, 6) is 0. The van der Waals surface area contributed by atoms with E-state index in [1.807, 2.05) is 12.1 Å². The third kappa shape index (κ3) is 2.99. The van der Waals surface area contributed by atoms with Gasteiger partial charge in [-0.3, -0.25) is 4.98 Å². The van der Waals surface area contributed by atoms with Crippen molar-refractivity contribution < 1.29 is 5.11 Å². The number of nitrogens with zero attached hydrogens (tertiary/aromatic N) is 1. The molecule has 0 spiro atoms. The molecule has 0 saturated carbocycles. The highest BCUT2D eigenvalue weighted by molar-refractivity contribution is 9.10. The van der Waals surface area contributed by atoms with Gasteiger partial charge < -0.3 is 5.11 Å². The first-order chi connectivity index (χ1) is 5.18. The van der Waals surface area contributed by atoms with E-state index >= 15 is 0 Å². The lowest BCUT2D eigenvalue weighted by Gasteiger charge is -2.02. The van der Waals surface area contributed by atoms with Crippen LogP contribution < -0.4 is 0 Å². The van der Waals surface area contributed by atoms with Crippen LogP contribution in [-0.2, 0) is 6.42 Å². The molecule has 0 aromatic carbocycles. The maximum Gasteiger partial charge on any atom is 0.0567 e. The van der Waals surface area contributed by atoms with Gasteiger partial charge in [0.05, 0.1) is 6.10 Å². The molecule has 0 fully saturated rings. The van der Waals surface area contributed by atoms with Gasteiger partial charge >= 0.3 is 0 Å². The average molecular weight is 216 g/mol. The molecule has 0 radical (unpaired) electrons. The molecule has 0 aliphatic rings. The number of aliphatic hydroxyl groups excluding tert-OH is 1. The van der Waals surface area contributed by atoms with Crippen molar-refractivity contribution >= 4 is 15.9 Å². The van der Waals surface area contributed by atoms with E-state index in [2.05, 4.69) is 20.9 Å². The Kier molecular flexibility index (Phi) is 3.02. The summed E-state index contributed by atoms with van der Waals surface area (Å²) in [7, 11) is 0.